The van der Waals surface area contributed by atoms with Crippen molar-refractivity contribution in [1.82, 2.24) is 0 Å². The van der Waals surface area contributed by atoms with Gasteiger partial charge in [0.15, 0.2) is 6.10 Å². The molecule has 0 fully saturated rings. The number of carbonyl (C=O) groups excluding carboxylic acids is 1. The Morgan fingerprint density at radius 1 is 0.880 bits per heavy atom. The zero-order chi connectivity index (χ0) is 18.0. The Kier molecular flexibility index (Phi) is 4.63. The fourth-order valence-electron chi connectivity index (χ4n) is 2.91. The van der Waals surface area contributed by atoms with Crippen LogP contribution in [0.25, 0.3) is 10.8 Å². The summed E-state index contributed by atoms with van der Waals surface area (Å²) >= 11 is 0. The lowest BCUT2D eigenvalue weighted by atomic mass is 9.86. The molecule has 3 aromatic rings. The molecule has 0 heterocycles. The van der Waals surface area contributed by atoms with Gasteiger partial charge >= 0.3 is 0 Å². The molecule has 0 bridgehead atoms. The normalized spacial score (nSPS) is 12.8. The molecule has 1 atom stereocenters. The first kappa shape index (κ1) is 17.2. The lowest BCUT2D eigenvalue weighted by Gasteiger charge is -2.20. The molecule has 3 rings (SSSR count). The number of rotatable bonds is 4. The molecule has 0 unspecified atom stereocenters. The lowest BCUT2D eigenvalue weighted by Crippen LogP contribution is -2.24. The molecule has 25 heavy (non-hydrogen) atoms. The van der Waals surface area contributed by atoms with E-state index in [0.29, 0.717) is 5.56 Å². The smallest absolute Gasteiger partial charge is 0.202 e. The number of carbonyl (C=O) groups is 1. The van der Waals surface area contributed by atoms with Crippen molar-refractivity contribution in [1.29, 1.82) is 0 Å². The maximum atomic E-state index is 12.7. The van der Waals surface area contributed by atoms with Crippen molar-refractivity contribution in [2.24, 2.45) is 0 Å². The summed E-state index contributed by atoms with van der Waals surface area (Å²) in [5.74, 6) is 0.735. The average Bonchev–Trinajstić information content (AvgIpc) is 2.61. The highest BCUT2D eigenvalue weighted by atomic mass is 16.5. The molecule has 0 aliphatic carbocycles. The second-order valence-corrected chi connectivity index (χ2v) is 7.43. The van der Waals surface area contributed by atoms with Crippen LogP contribution in [0.3, 0.4) is 0 Å². The summed E-state index contributed by atoms with van der Waals surface area (Å²) in [5, 5.41) is 2.13. The van der Waals surface area contributed by atoms with Crippen LogP contribution < -0.4 is 4.74 Å². The van der Waals surface area contributed by atoms with Gasteiger partial charge in [0.2, 0.25) is 5.78 Å². The summed E-state index contributed by atoms with van der Waals surface area (Å²) in [4.78, 5) is 12.7. The number of ketones is 1. The quantitative estimate of drug-likeness (QED) is 0.565. The van der Waals surface area contributed by atoms with Gasteiger partial charge in [0.05, 0.1) is 0 Å². The molecule has 0 saturated carbocycles. The third kappa shape index (κ3) is 3.74. The predicted octanol–water partition coefficient (Wildman–Crippen LogP) is 5.79. The molecule has 0 saturated heterocycles. The first-order valence-corrected chi connectivity index (χ1v) is 8.65. The minimum Gasteiger partial charge on any atom is -0.482 e. The first-order chi connectivity index (χ1) is 11.9. The largest absolute Gasteiger partial charge is 0.482 e. The van der Waals surface area contributed by atoms with Crippen LogP contribution in [0, 0.1) is 0 Å². The fourth-order valence-corrected chi connectivity index (χ4v) is 2.91. The molecule has 0 radical (unpaired) electrons. The molecular formula is C23H24O2. The van der Waals surface area contributed by atoms with Gasteiger partial charge in [-0.05, 0) is 29.4 Å². The molecule has 128 valence electrons. The summed E-state index contributed by atoms with van der Waals surface area (Å²) in [5.41, 5.74) is 1.97. The van der Waals surface area contributed by atoms with Crippen molar-refractivity contribution in [3.05, 3.63) is 77.9 Å². The summed E-state index contributed by atoms with van der Waals surface area (Å²) in [7, 11) is 0. The Morgan fingerprint density at radius 3 is 2.20 bits per heavy atom. The van der Waals surface area contributed by atoms with Gasteiger partial charge in [-0.3, -0.25) is 4.79 Å². The highest BCUT2D eigenvalue weighted by molar-refractivity contribution is 5.99. The van der Waals surface area contributed by atoms with Crippen LogP contribution in [-0.2, 0) is 5.41 Å². The van der Waals surface area contributed by atoms with Gasteiger partial charge in [0.25, 0.3) is 0 Å². The second-order valence-electron chi connectivity index (χ2n) is 7.43. The Bertz CT molecular complexity index is 881. The third-order valence-corrected chi connectivity index (χ3v) is 4.46. The maximum Gasteiger partial charge on any atom is 0.202 e. The molecule has 0 aliphatic rings. The Morgan fingerprint density at radius 2 is 1.52 bits per heavy atom. The van der Waals surface area contributed by atoms with Crippen LogP contribution in [-0.4, -0.2) is 11.9 Å². The molecule has 0 aliphatic heterocycles. The summed E-state index contributed by atoms with van der Waals surface area (Å²) in [6.45, 7) is 8.30. The van der Waals surface area contributed by atoms with Crippen LogP contribution in [0.5, 0.6) is 5.75 Å². The Labute approximate surface area is 149 Å². The molecule has 0 amide bonds. The fraction of sp³-hybridized carbons (Fsp3) is 0.261. The highest BCUT2D eigenvalue weighted by Crippen LogP contribution is 2.27. The van der Waals surface area contributed by atoms with Gasteiger partial charge in [-0.15, -0.1) is 0 Å². The number of ether oxygens (including phenoxy) is 1. The second kappa shape index (κ2) is 6.72. The van der Waals surface area contributed by atoms with E-state index >= 15 is 0 Å². The zero-order valence-corrected chi connectivity index (χ0v) is 15.2. The zero-order valence-electron chi connectivity index (χ0n) is 15.2. The van der Waals surface area contributed by atoms with Crippen LogP contribution in [0.4, 0.5) is 0 Å². The van der Waals surface area contributed by atoms with E-state index in [9.17, 15) is 4.79 Å². The summed E-state index contributed by atoms with van der Waals surface area (Å²) in [6.07, 6.45) is -0.536. The van der Waals surface area contributed by atoms with E-state index in [1.165, 1.54) is 5.56 Å². The number of fused-ring (bicyclic) bond motifs is 1. The molecule has 2 nitrogen and oxygen atoms in total. The summed E-state index contributed by atoms with van der Waals surface area (Å²) < 4.78 is 5.99. The molecule has 0 spiro atoms. The molecular weight excluding hydrogens is 308 g/mol. The minimum atomic E-state index is -0.536. The molecule has 0 aromatic heterocycles. The van der Waals surface area contributed by atoms with Crippen molar-refractivity contribution in [2.45, 2.75) is 39.2 Å². The molecule has 2 heteroatoms. The topological polar surface area (TPSA) is 26.3 Å². The average molecular weight is 332 g/mol. The number of Topliss-reactive ketones (excluding diaryl/α,β-unsaturated/α-hetero) is 1. The van der Waals surface area contributed by atoms with E-state index < -0.39 is 6.10 Å². The Balaban J connectivity index is 1.81. The van der Waals surface area contributed by atoms with Gasteiger partial charge in [-0.2, -0.15) is 0 Å². The van der Waals surface area contributed by atoms with Crippen LogP contribution >= 0.6 is 0 Å². The molecule has 0 N–H and O–H groups in total. The van der Waals surface area contributed by atoms with E-state index in [-0.39, 0.29) is 11.2 Å². The van der Waals surface area contributed by atoms with Gasteiger partial charge in [-0.25, -0.2) is 0 Å². The Hall–Kier alpha value is -2.61. The van der Waals surface area contributed by atoms with Crippen molar-refractivity contribution in [3.8, 4) is 5.75 Å². The predicted molar refractivity (Wildman–Crippen MR) is 104 cm³/mol. The van der Waals surface area contributed by atoms with Crippen LogP contribution in [0.15, 0.2) is 66.7 Å². The van der Waals surface area contributed by atoms with Gasteiger partial charge in [0.1, 0.15) is 5.75 Å². The van der Waals surface area contributed by atoms with E-state index in [1.54, 1.807) is 0 Å². The van der Waals surface area contributed by atoms with Crippen molar-refractivity contribution in [3.63, 3.8) is 0 Å². The highest BCUT2D eigenvalue weighted by Gasteiger charge is 2.19. The lowest BCUT2D eigenvalue weighted by molar-refractivity contribution is 0.0820. The maximum absolute atomic E-state index is 12.7. The van der Waals surface area contributed by atoms with E-state index in [0.717, 1.165) is 16.5 Å². The number of hydrogen-bond donors (Lipinski definition) is 0. The van der Waals surface area contributed by atoms with E-state index in [1.807, 2.05) is 73.7 Å². The molecule has 3 aromatic carbocycles. The SMILES string of the molecule is C[C@H](Oc1cccc2ccccc12)C(=O)c1ccc(C(C)(C)C)cc1. The van der Waals surface area contributed by atoms with Crippen molar-refractivity contribution in [2.75, 3.05) is 0 Å². The van der Waals surface area contributed by atoms with Gasteiger partial charge in [-0.1, -0.05) is 81.4 Å². The van der Waals surface area contributed by atoms with E-state index in [2.05, 4.69) is 20.8 Å². The van der Waals surface area contributed by atoms with Crippen LogP contribution in [0.2, 0.25) is 0 Å². The van der Waals surface area contributed by atoms with Gasteiger partial charge in [0, 0.05) is 10.9 Å². The minimum absolute atomic E-state index is 0.00612. The first-order valence-electron chi connectivity index (χ1n) is 8.65. The van der Waals surface area contributed by atoms with Crippen LogP contribution in [0.1, 0.15) is 43.6 Å². The van der Waals surface area contributed by atoms with Crippen molar-refractivity contribution < 1.29 is 9.53 Å². The van der Waals surface area contributed by atoms with E-state index in [4.69, 9.17) is 4.74 Å². The number of hydrogen-bond acceptors (Lipinski definition) is 2. The summed E-state index contributed by atoms with van der Waals surface area (Å²) in [6, 6.07) is 21.8. The standard InChI is InChI=1S/C23H24O2/c1-16(22(24)18-12-14-19(15-13-18)23(2,3)4)25-21-11-7-9-17-8-5-6-10-20(17)21/h5-16H,1-4H3/t16-/m0/s1. The third-order valence-electron chi connectivity index (χ3n) is 4.46. The van der Waals surface area contributed by atoms with Crippen molar-refractivity contribution >= 4 is 16.6 Å². The number of benzene rings is 3. The van der Waals surface area contributed by atoms with Gasteiger partial charge < -0.3 is 4.74 Å². The monoisotopic (exact) mass is 332 g/mol.